The van der Waals surface area contributed by atoms with Gasteiger partial charge in [-0.25, -0.2) is 4.98 Å². The summed E-state index contributed by atoms with van der Waals surface area (Å²) >= 11 is 0. The molecule has 0 bridgehead atoms. The van der Waals surface area contributed by atoms with Crippen molar-refractivity contribution in [3.05, 3.63) is 35.8 Å². The van der Waals surface area contributed by atoms with Gasteiger partial charge in [0.15, 0.2) is 0 Å². The van der Waals surface area contributed by atoms with Crippen molar-refractivity contribution in [1.29, 1.82) is 0 Å². The Morgan fingerprint density at radius 3 is 2.63 bits per heavy atom. The van der Waals surface area contributed by atoms with Gasteiger partial charge in [0, 0.05) is 11.8 Å². The molecule has 2 fully saturated rings. The Morgan fingerprint density at radius 2 is 1.89 bits per heavy atom. The van der Waals surface area contributed by atoms with Crippen LogP contribution in [0.25, 0.3) is 5.57 Å². The van der Waals surface area contributed by atoms with Crippen molar-refractivity contribution in [1.82, 2.24) is 4.98 Å². The Morgan fingerprint density at radius 1 is 1.11 bits per heavy atom. The van der Waals surface area contributed by atoms with Gasteiger partial charge in [-0.1, -0.05) is 32.4 Å². The lowest BCUT2D eigenvalue weighted by Crippen LogP contribution is -2.52. The van der Waals surface area contributed by atoms with Crippen molar-refractivity contribution in [2.75, 3.05) is 0 Å². The number of hydrogen-bond acceptors (Lipinski definition) is 4. The zero-order chi connectivity index (χ0) is 19.0. The topological polar surface area (TPSA) is 66.5 Å². The summed E-state index contributed by atoms with van der Waals surface area (Å²) in [6.45, 7) is 7.10. The molecule has 27 heavy (non-hydrogen) atoms. The lowest BCUT2D eigenvalue weighted by molar-refractivity contribution is -0.0440. The van der Waals surface area contributed by atoms with Crippen molar-refractivity contribution >= 4 is 5.57 Å². The van der Waals surface area contributed by atoms with Crippen LogP contribution in [0.2, 0.25) is 0 Å². The highest BCUT2D eigenvalue weighted by atomic mass is 16.3. The van der Waals surface area contributed by atoms with Gasteiger partial charge in [-0.3, -0.25) is 0 Å². The minimum atomic E-state index is -0.171. The smallest absolute Gasteiger partial charge is 0.225 e. The molecular weight excluding hydrogens is 338 g/mol. The highest BCUT2D eigenvalue weighted by Crippen LogP contribution is 2.68. The zero-order valence-electron chi connectivity index (χ0n) is 16.6. The van der Waals surface area contributed by atoms with Gasteiger partial charge in [-0.05, 0) is 61.2 Å². The predicted octanol–water partition coefficient (Wildman–Crippen LogP) is 5.12. The molecule has 1 heterocycles. The molecule has 2 saturated carbocycles. The Kier molecular flexibility index (Phi) is 3.72. The van der Waals surface area contributed by atoms with Crippen molar-refractivity contribution < 1.29 is 14.6 Å². The Hall–Kier alpha value is -1.55. The van der Waals surface area contributed by atoms with Gasteiger partial charge in [-0.2, -0.15) is 0 Å². The molecule has 7 atom stereocenters. The highest BCUT2D eigenvalue weighted by molar-refractivity contribution is 5.69. The summed E-state index contributed by atoms with van der Waals surface area (Å²) in [5, 5.41) is 21.1. The van der Waals surface area contributed by atoms with Crippen LogP contribution in [0.3, 0.4) is 0 Å². The summed E-state index contributed by atoms with van der Waals surface area (Å²) in [5.74, 6) is 3.18. The minimum absolute atomic E-state index is 0.0692. The van der Waals surface area contributed by atoms with E-state index in [9.17, 15) is 10.2 Å². The van der Waals surface area contributed by atoms with E-state index in [-0.39, 0.29) is 16.9 Å². The molecular formula is C23H31NO3. The molecule has 2 N–H and O–H groups in total. The molecule has 0 radical (unpaired) electrons. The van der Waals surface area contributed by atoms with E-state index in [1.54, 1.807) is 12.5 Å². The molecule has 0 aliphatic heterocycles. The maximum Gasteiger partial charge on any atom is 0.225 e. The molecule has 4 nitrogen and oxygen atoms in total. The fourth-order valence-corrected chi connectivity index (χ4v) is 7.37. The molecule has 1 aromatic heterocycles. The molecule has 0 amide bonds. The zero-order valence-corrected chi connectivity index (χ0v) is 16.6. The maximum atomic E-state index is 10.9. The van der Waals surface area contributed by atoms with Crippen LogP contribution >= 0.6 is 0 Å². The molecule has 4 aliphatic rings. The van der Waals surface area contributed by atoms with Gasteiger partial charge >= 0.3 is 0 Å². The van der Waals surface area contributed by atoms with E-state index in [2.05, 4.69) is 31.8 Å². The second-order valence-corrected chi connectivity index (χ2v) is 9.97. The number of allylic oxidation sites excluding steroid dienone is 3. The fourth-order valence-electron chi connectivity index (χ4n) is 7.37. The standard InChI is InChI=1S/C23H31NO3/c1-13-10-14-11-15(25)4-6-22(14,2)16-5-7-23(3)17(19(13)16)12-18(26)20(23)21-24-8-9-27-21/h8-10,13,15-17,19,25-26H,4-7,11-12H2,1-3H3/t13-,15-,16-,17-,19+,22-,23-/m0/s1. The summed E-state index contributed by atoms with van der Waals surface area (Å²) < 4.78 is 5.61. The minimum Gasteiger partial charge on any atom is -0.512 e. The van der Waals surface area contributed by atoms with Crippen molar-refractivity contribution in [2.24, 2.45) is 34.5 Å². The molecule has 4 aliphatic carbocycles. The maximum absolute atomic E-state index is 10.9. The predicted molar refractivity (Wildman–Crippen MR) is 104 cm³/mol. The first-order valence-electron chi connectivity index (χ1n) is 10.6. The first kappa shape index (κ1) is 17.5. The van der Waals surface area contributed by atoms with E-state index >= 15 is 0 Å². The molecule has 4 heteroatoms. The van der Waals surface area contributed by atoms with Crippen LogP contribution in [0, 0.1) is 34.5 Å². The lowest BCUT2D eigenvalue weighted by Gasteiger charge is -2.59. The monoisotopic (exact) mass is 369 g/mol. The van der Waals surface area contributed by atoms with E-state index in [0.29, 0.717) is 35.3 Å². The first-order chi connectivity index (χ1) is 12.8. The Labute approximate surface area is 161 Å². The van der Waals surface area contributed by atoms with Crippen LogP contribution in [0.4, 0.5) is 0 Å². The number of oxazole rings is 1. The van der Waals surface area contributed by atoms with Crippen LogP contribution < -0.4 is 0 Å². The van der Waals surface area contributed by atoms with Gasteiger partial charge in [0.25, 0.3) is 0 Å². The van der Waals surface area contributed by atoms with Crippen LogP contribution in [-0.2, 0) is 0 Å². The van der Waals surface area contributed by atoms with E-state index in [0.717, 1.165) is 37.7 Å². The Bertz CT molecular complexity index is 810. The number of aliphatic hydroxyl groups excluding tert-OH is 2. The third-order valence-corrected chi connectivity index (χ3v) is 8.72. The van der Waals surface area contributed by atoms with Crippen molar-refractivity contribution in [2.45, 2.75) is 65.4 Å². The van der Waals surface area contributed by atoms with Crippen LogP contribution in [-0.4, -0.2) is 21.3 Å². The van der Waals surface area contributed by atoms with Crippen LogP contribution in [0.1, 0.15) is 65.2 Å². The summed E-state index contributed by atoms with van der Waals surface area (Å²) in [5.41, 5.74) is 2.57. The van der Waals surface area contributed by atoms with E-state index in [4.69, 9.17) is 4.42 Å². The molecule has 0 saturated heterocycles. The first-order valence-corrected chi connectivity index (χ1v) is 10.6. The van der Waals surface area contributed by atoms with Crippen molar-refractivity contribution in [3.8, 4) is 0 Å². The molecule has 146 valence electrons. The van der Waals surface area contributed by atoms with Crippen LogP contribution in [0.5, 0.6) is 0 Å². The number of aliphatic hydroxyl groups is 2. The normalized spacial score (nSPS) is 46.5. The third-order valence-electron chi connectivity index (χ3n) is 8.72. The summed E-state index contributed by atoms with van der Waals surface area (Å²) in [6.07, 6.45) is 11.4. The lowest BCUT2D eigenvalue weighted by atomic mass is 9.45. The second kappa shape index (κ2) is 5.73. The third kappa shape index (κ3) is 2.28. The van der Waals surface area contributed by atoms with E-state index < -0.39 is 0 Å². The molecule has 0 unspecified atom stereocenters. The number of fused-ring (bicyclic) bond motifs is 5. The summed E-state index contributed by atoms with van der Waals surface area (Å²) in [6, 6.07) is 0. The molecule has 1 aromatic rings. The van der Waals surface area contributed by atoms with Gasteiger partial charge in [0.2, 0.25) is 5.89 Å². The van der Waals surface area contributed by atoms with E-state index in [1.165, 1.54) is 12.0 Å². The molecule has 5 rings (SSSR count). The second-order valence-electron chi connectivity index (χ2n) is 9.97. The highest BCUT2D eigenvalue weighted by Gasteiger charge is 2.60. The molecule has 0 aromatic carbocycles. The van der Waals surface area contributed by atoms with Crippen LogP contribution in [0.15, 0.2) is 34.3 Å². The van der Waals surface area contributed by atoms with Gasteiger partial charge in [-0.15, -0.1) is 0 Å². The average molecular weight is 370 g/mol. The Balaban J connectivity index is 1.55. The largest absolute Gasteiger partial charge is 0.512 e. The van der Waals surface area contributed by atoms with Crippen molar-refractivity contribution in [3.63, 3.8) is 0 Å². The average Bonchev–Trinajstić information content (AvgIpc) is 3.21. The van der Waals surface area contributed by atoms with E-state index in [1.807, 2.05) is 0 Å². The number of hydrogen-bond donors (Lipinski definition) is 2. The summed E-state index contributed by atoms with van der Waals surface area (Å²) in [4.78, 5) is 4.37. The summed E-state index contributed by atoms with van der Waals surface area (Å²) in [7, 11) is 0. The number of nitrogens with zero attached hydrogens (tertiary/aromatic N) is 1. The van der Waals surface area contributed by atoms with Gasteiger partial charge in [0.05, 0.1) is 17.9 Å². The van der Waals surface area contributed by atoms with Gasteiger partial charge in [0.1, 0.15) is 12.0 Å². The SMILES string of the molecule is C[C@H]1C=C2C[C@@H](O)CC[C@]2(C)[C@H]2CC[C@]3(C)C(c4ncco4)=C(O)C[C@H]3[C@H]12. The van der Waals surface area contributed by atoms with Gasteiger partial charge < -0.3 is 14.6 Å². The quantitative estimate of drug-likeness (QED) is 0.674. The fraction of sp³-hybridized carbons (Fsp3) is 0.696. The molecule has 0 spiro atoms. The number of rotatable bonds is 1. The number of aromatic nitrogens is 1.